The van der Waals surface area contributed by atoms with Gasteiger partial charge in [-0.05, 0) is 87.2 Å². The van der Waals surface area contributed by atoms with Crippen molar-refractivity contribution < 1.29 is 39.4 Å². The Hall–Kier alpha value is -1.17. The molecule has 234 valence electrons. The lowest BCUT2D eigenvalue weighted by molar-refractivity contribution is -0.312. The predicted molar refractivity (Wildman–Crippen MR) is 153 cm³/mol. The SMILES string of the molecule is CC1=C2C(=O)[C@H]3[C@H](CC=C4C[C@H](O[C@@H]5O[C@H](CO)[C@@H](O)[C@H](O)[C@H]5O)CC[C@@]43C)[C@@H]2CC[C@]12O[C@@H]1C[C@@H](C)CN[C@H]1[C@H]2C. The number of carbonyl (C=O) groups excluding carboxylic acids is 1. The lowest BCUT2D eigenvalue weighted by Crippen LogP contribution is -2.60. The first-order valence-corrected chi connectivity index (χ1v) is 16.3. The van der Waals surface area contributed by atoms with E-state index in [2.05, 4.69) is 39.1 Å². The van der Waals surface area contributed by atoms with Crippen molar-refractivity contribution in [2.75, 3.05) is 13.2 Å². The minimum absolute atomic E-state index is 0.0482. The van der Waals surface area contributed by atoms with E-state index >= 15 is 0 Å². The zero-order chi connectivity index (χ0) is 29.7. The number of allylic oxidation sites excluding steroid dienone is 2. The summed E-state index contributed by atoms with van der Waals surface area (Å²) in [7, 11) is 0. The molecule has 4 aliphatic carbocycles. The molecule has 1 spiro atoms. The summed E-state index contributed by atoms with van der Waals surface area (Å²) >= 11 is 0. The maximum absolute atomic E-state index is 14.5. The molecular formula is C33H49NO8. The highest BCUT2D eigenvalue weighted by Gasteiger charge is 2.63. The molecule has 15 atom stereocenters. The molecule has 3 saturated heterocycles. The second-order valence-corrected chi connectivity index (χ2v) is 14.9. The van der Waals surface area contributed by atoms with E-state index in [0.717, 1.165) is 44.2 Å². The molecule has 0 amide bonds. The molecular weight excluding hydrogens is 538 g/mol. The Labute approximate surface area is 248 Å². The number of ketones is 1. The smallest absolute Gasteiger partial charge is 0.186 e. The number of nitrogens with one attached hydrogen (secondary N) is 1. The number of hydrogen-bond acceptors (Lipinski definition) is 9. The molecule has 7 rings (SSSR count). The molecule has 0 radical (unpaired) electrons. The third-order valence-corrected chi connectivity index (χ3v) is 12.8. The highest BCUT2D eigenvalue weighted by molar-refractivity contribution is 6.02. The van der Waals surface area contributed by atoms with Crippen LogP contribution in [0.3, 0.4) is 0 Å². The largest absolute Gasteiger partial charge is 0.394 e. The van der Waals surface area contributed by atoms with Crippen molar-refractivity contribution in [2.45, 2.75) is 127 Å². The van der Waals surface area contributed by atoms with Crippen LogP contribution >= 0.6 is 0 Å². The Balaban J connectivity index is 1.11. The number of Topliss-reactive ketones (excluding diaryl/α,β-unsaturated/α-hetero) is 1. The molecule has 0 aromatic heterocycles. The van der Waals surface area contributed by atoms with Gasteiger partial charge in [0.1, 0.15) is 24.4 Å². The van der Waals surface area contributed by atoms with Gasteiger partial charge in [-0.2, -0.15) is 0 Å². The van der Waals surface area contributed by atoms with E-state index in [1.807, 2.05) is 0 Å². The van der Waals surface area contributed by atoms with Gasteiger partial charge < -0.3 is 40.0 Å². The maximum atomic E-state index is 14.5. The summed E-state index contributed by atoms with van der Waals surface area (Å²) in [5.74, 6) is 1.81. The van der Waals surface area contributed by atoms with Gasteiger partial charge in [-0.3, -0.25) is 4.79 Å². The van der Waals surface area contributed by atoms with Crippen molar-refractivity contribution in [3.05, 3.63) is 22.8 Å². The molecule has 0 aromatic carbocycles. The minimum atomic E-state index is -1.46. The van der Waals surface area contributed by atoms with Gasteiger partial charge in [0.05, 0.1) is 24.4 Å². The fourth-order valence-electron chi connectivity index (χ4n) is 10.4. The van der Waals surface area contributed by atoms with Crippen LogP contribution in [0.4, 0.5) is 0 Å². The van der Waals surface area contributed by atoms with Crippen LogP contribution in [0.1, 0.15) is 72.6 Å². The summed E-state index contributed by atoms with van der Waals surface area (Å²) < 4.78 is 18.8. The van der Waals surface area contributed by atoms with Crippen LogP contribution in [0.25, 0.3) is 0 Å². The Bertz CT molecular complexity index is 1170. The fraction of sp³-hybridized carbons (Fsp3) is 0.848. The summed E-state index contributed by atoms with van der Waals surface area (Å²) in [6, 6.07) is 0.344. The Morgan fingerprint density at radius 3 is 2.67 bits per heavy atom. The minimum Gasteiger partial charge on any atom is -0.394 e. The van der Waals surface area contributed by atoms with Gasteiger partial charge in [0.25, 0.3) is 0 Å². The number of piperidine rings is 1. The summed E-state index contributed by atoms with van der Waals surface area (Å²) in [4.78, 5) is 14.5. The van der Waals surface area contributed by atoms with E-state index in [1.165, 1.54) is 11.1 Å². The maximum Gasteiger partial charge on any atom is 0.186 e. The number of ether oxygens (including phenoxy) is 3. The monoisotopic (exact) mass is 587 g/mol. The molecule has 42 heavy (non-hydrogen) atoms. The van der Waals surface area contributed by atoms with Crippen molar-refractivity contribution in [2.24, 2.45) is 35.0 Å². The summed E-state index contributed by atoms with van der Waals surface area (Å²) in [6.07, 6.45) is 1.93. The van der Waals surface area contributed by atoms with Crippen molar-refractivity contribution in [1.29, 1.82) is 0 Å². The van der Waals surface area contributed by atoms with E-state index in [0.29, 0.717) is 42.4 Å². The van der Waals surface area contributed by atoms with Gasteiger partial charge in [0.2, 0.25) is 0 Å². The summed E-state index contributed by atoms with van der Waals surface area (Å²) in [5.41, 5.74) is 2.89. The van der Waals surface area contributed by atoms with E-state index in [-0.39, 0.29) is 35.1 Å². The standard InChI is InChI=1S/C33H49NO8/c1-15-11-22-26(34-13-15)17(3)33(42-22)10-8-20-21-6-5-18-12-19(40-31-30(39)29(38)27(36)23(14-35)41-31)7-9-32(18,4)25(21)28(37)24(20)16(33)2/h5,15,17,19-23,25-27,29-31,34-36,38-39H,6-14H2,1-4H3/t15-,17-,19-,20+,21-,22-,23-,25-,26+,27-,29+,30-,31-,32+,33+/m1/s1. The zero-order valence-electron chi connectivity index (χ0n) is 25.4. The molecule has 0 unspecified atom stereocenters. The molecule has 0 bridgehead atoms. The average Bonchev–Trinajstić information content (AvgIpc) is 3.42. The summed E-state index contributed by atoms with van der Waals surface area (Å²) in [6.45, 7) is 9.60. The van der Waals surface area contributed by atoms with Crippen LogP contribution in [-0.4, -0.2) is 93.9 Å². The number of aliphatic hydroxyl groups excluding tert-OH is 4. The van der Waals surface area contributed by atoms with Gasteiger partial charge in [-0.15, -0.1) is 0 Å². The number of hydrogen-bond donors (Lipinski definition) is 5. The number of rotatable bonds is 3. The van der Waals surface area contributed by atoms with Crippen molar-refractivity contribution >= 4 is 5.78 Å². The molecule has 5 N–H and O–H groups in total. The summed E-state index contributed by atoms with van der Waals surface area (Å²) in [5, 5.41) is 44.2. The van der Waals surface area contributed by atoms with Gasteiger partial charge >= 0.3 is 0 Å². The van der Waals surface area contributed by atoms with Gasteiger partial charge in [-0.25, -0.2) is 0 Å². The predicted octanol–water partition coefficient (Wildman–Crippen LogP) is 2.01. The Kier molecular flexibility index (Phi) is 7.34. The molecule has 2 saturated carbocycles. The molecule has 5 fully saturated rings. The number of fused-ring (bicyclic) bond motifs is 6. The third kappa shape index (κ3) is 4.14. The molecule has 9 nitrogen and oxygen atoms in total. The van der Waals surface area contributed by atoms with Crippen LogP contribution in [0.2, 0.25) is 0 Å². The van der Waals surface area contributed by atoms with Gasteiger partial charge in [-0.1, -0.05) is 32.4 Å². The number of aliphatic hydroxyl groups is 4. The van der Waals surface area contributed by atoms with Crippen LogP contribution in [0.5, 0.6) is 0 Å². The lowest BCUT2D eigenvalue weighted by Gasteiger charge is -2.49. The molecule has 7 aliphatic rings. The first kappa shape index (κ1) is 29.5. The fourth-order valence-corrected chi connectivity index (χ4v) is 10.4. The van der Waals surface area contributed by atoms with Crippen LogP contribution in [-0.2, 0) is 19.0 Å². The van der Waals surface area contributed by atoms with Gasteiger partial charge in [0.15, 0.2) is 12.1 Å². The normalized spacial score (nSPS) is 53.9. The van der Waals surface area contributed by atoms with Crippen LogP contribution in [0.15, 0.2) is 22.8 Å². The van der Waals surface area contributed by atoms with Gasteiger partial charge in [0, 0.05) is 23.5 Å². The zero-order valence-corrected chi connectivity index (χ0v) is 25.4. The quantitative estimate of drug-likeness (QED) is 0.314. The third-order valence-electron chi connectivity index (χ3n) is 12.8. The first-order chi connectivity index (χ1) is 20.0. The highest BCUT2D eigenvalue weighted by Crippen LogP contribution is 2.64. The van der Waals surface area contributed by atoms with Crippen LogP contribution < -0.4 is 5.32 Å². The topological polar surface area (TPSA) is 138 Å². The van der Waals surface area contributed by atoms with E-state index in [1.54, 1.807) is 0 Å². The second kappa shape index (κ2) is 10.4. The van der Waals surface area contributed by atoms with Crippen LogP contribution in [0, 0.1) is 35.0 Å². The Morgan fingerprint density at radius 2 is 1.90 bits per heavy atom. The number of carbonyl (C=O) groups is 1. The average molecular weight is 588 g/mol. The van der Waals surface area contributed by atoms with Crippen molar-refractivity contribution in [1.82, 2.24) is 5.32 Å². The van der Waals surface area contributed by atoms with E-state index in [4.69, 9.17) is 14.2 Å². The van der Waals surface area contributed by atoms with E-state index < -0.39 is 37.3 Å². The van der Waals surface area contributed by atoms with Crippen molar-refractivity contribution in [3.63, 3.8) is 0 Å². The lowest BCUT2D eigenvalue weighted by atomic mass is 9.56. The first-order valence-electron chi connectivity index (χ1n) is 16.3. The molecule has 0 aromatic rings. The Morgan fingerprint density at radius 1 is 1.12 bits per heavy atom. The molecule has 9 heteroatoms. The van der Waals surface area contributed by atoms with E-state index in [9.17, 15) is 25.2 Å². The molecule has 3 aliphatic heterocycles. The highest BCUT2D eigenvalue weighted by atomic mass is 16.7. The molecule has 3 heterocycles. The van der Waals surface area contributed by atoms with Crippen molar-refractivity contribution in [3.8, 4) is 0 Å². The second-order valence-electron chi connectivity index (χ2n) is 14.9.